The van der Waals surface area contributed by atoms with Crippen LogP contribution in [0, 0.1) is 0 Å². The van der Waals surface area contributed by atoms with Gasteiger partial charge in [-0.15, -0.1) is 23.1 Å². The molecule has 0 radical (unpaired) electrons. The minimum absolute atomic E-state index is 0.0411. The van der Waals surface area contributed by atoms with Gasteiger partial charge in [0.25, 0.3) is 17.7 Å². The van der Waals surface area contributed by atoms with Gasteiger partial charge in [-0.05, 0) is 17.7 Å². The lowest BCUT2D eigenvalue weighted by Gasteiger charge is -2.50. The Morgan fingerprint density at radius 3 is 2.83 bits per heavy atom. The summed E-state index contributed by atoms with van der Waals surface area (Å²) in [5.74, 6) is -3.38. The van der Waals surface area contributed by atoms with Crippen molar-refractivity contribution >= 4 is 57.6 Å². The van der Waals surface area contributed by atoms with Crippen LogP contribution in [0.3, 0.4) is 0 Å². The molecule has 4 rings (SSSR count). The number of carbonyl (C=O) groups is 4. The minimum atomic E-state index is -1.53. The third-order valence-electron chi connectivity index (χ3n) is 5.34. The number of nitrogens with zero attached hydrogens (tertiary/aromatic N) is 4. The molecule has 1 saturated heterocycles. The van der Waals surface area contributed by atoms with Crippen molar-refractivity contribution in [1.82, 2.24) is 15.2 Å². The molecule has 186 valence electrons. The molecule has 13 nitrogen and oxygen atoms in total. The van der Waals surface area contributed by atoms with Crippen molar-refractivity contribution < 1.29 is 34.1 Å². The number of fused-ring (bicyclic) bond motifs is 1. The van der Waals surface area contributed by atoms with E-state index >= 15 is 0 Å². The average molecular weight is 530 g/mol. The van der Waals surface area contributed by atoms with Crippen LogP contribution in [0.2, 0.25) is 0 Å². The van der Waals surface area contributed by atoms with E-state index in [1.165, 1.54) is 17.1 Å². The van der Waals surface area contributed by atoms with Crippen LogP contribution in [-0.4, -0.2) is 61.7 Å². The number of carbonyl (C=O) groups excluding carboxylic acids is 4. The van der Waals surface area contributed by atoms with Crippen molar-refractivity contribution in [1.29, 1.82) is 0 Å². The molecule has 0 aromatic carbocycles. The number of primary amides is 1. The zero-order valence-corrected chi connectivity index (χ0v) is 20.0. The van der Waals surface area contributed by atoms with Crippen molar-refractivity contribution in [2.45, 2.75) is 18.0 Å². The number of amides is 3. The highest BCUT2D eigenvalue weighted by molar-refractivity contribution is 8.00. The van der Waals surface area contributed by atoms with Crippen LogP contribution in [0.5, 0.6) is 0 Å². The number of thioether (sulfide) groups is 1. The number of nitrogens with two attached hydrogens (primary N) is 2. The topological polar surface area (TPSA) is 208 Å². The minimum Gasteiger partial charge on any atom is -0.543 e. The predicted octanol–water partition coefficient (Wildman–Crippen LogP) is -2.05. The Labute approximate surface area is 211 Å². The lowest BCUT2D eigenvalue weighted by atomic mass is 10.0. The lowest BCUT2D eigenvalue weighted by Crippen LogP contribution is -2.71. The Morgan fingerprint density at radius 1 is 1.42 bits per heavy atom. The van der Waals surface area contributed by atoms with Crippen LogP contribution in [-0.2, 0) is 20.9 Å². The Kier molecular flexibility index (Phi) is 7.03. The Hall–Kier alpha value is -4.24. The van der Waals surface area contributed by atoms with Gasteiger partial charge in [0.1, 0.15) is 22.7 Å². The number of hydrogen-bond acceptors (Lipinski definition) is 11. The number of oxime groups is 1. The van der Waals surface area contributed by atoms with Gasteiger partial charge in [-0.3, -0.25) is 19.3 Å². The number of anilines is 1. The number of carboxylic acids is 1. The van der Waals surface area contributed by atoms with Crippen molar-refractivity contribution in [3.05, 3.63) is 64.6 Å². The smallest absolute Gasteiger partial charge is 0.276 e. The highest BCUT2D eigenvalue weighted by atomic mass is 32.2. The summed E-state index contributed by atoms with van der Waals surface area (Å²) in [6, 6.07) is 2.19. The molecule has 0 saturated carbocycles. The van der Waals surface area contributed by atoms with Gasteiger partial charge >= 0.3 is 0 Å². The van der Waals surface area contributed by atoms with Gasteiger partial charge in [0.15, 0.2) is 29.8 Å². The second kappa shape index (κ2) is 10.2. The van der Waals surface area contributed by atoms with E-state index in [0.29, 0.717) is 17.7 Å². The van der Waals surface area contributed by atoms with E-state index in [9.17, 15) is 29.5 Å². The number of nitrogens with one attached hydrogen (secondary N) is 1. The molecule has 3 amide bonds. The first-order valence-electron chi connectivity index (χ1n) is 10.3. The van der Waals surface area contributed by atoms with Crippen LogP contribution in [0.15, 0.2) is 58.5 Å². The summed E-state index contributed by atoms with van der Waals surface area (Å²) < 4.78 is 1.69. The van der Waals surface area contributed by atoms with Gasteiger partial charge < -0.3 is 31.9 Å². The van der Waals surface area contributed by atoms with Crippen molar-refractivity contribution in [3.63, 3.8) is 0 Å². The zero-order chi connectivity index (χ0) is 26.0. The fourth-order valence-electron chi connectivity index (χ4n) is 3.68. The third kappa shape index (κ3) is 4.78. The Morgan fingerprint density at radius 2 is 2.19 bits per heavy atom. The summed E-state index contributed by atoms with van der Waals surface area (Å²) in [6.07, 6.45) is 6.52. The number of hydrogen-bond donors (Lipinski definition) is 4. The molecule has 6 N–H and O–H groups in total. The second-order valence-corrected chi connectivity index (χ2v) is 9.59. The molecule has 0 bridgehead atoms. The van der Waals surface area contributed by atoms with E-state index in [1.54, 1.807) is 41.2 Å². The maximum atomic E-state index is 12.8. The number of rotatable bonds is 8. The van der Waals surface area contributed by atoms with E-state index in [1.807, 2.05) is 0 Å². The molecule has 2 aliphatic heterocycles. The molecular formula is C21H19N7O6S2. The van der Waals surface area contributed by atoms with E-state index in [0.717, 1.165) is 16.2 Å². The Balaban J connectivity index is 1.48. The van der Waals surface area contributed by atoms with Crippen molar-refractivity contribution in [2.24, 2.45) is 10.9 Å². The normalized spacial score (nSPS) is 19.7. The molecule has 1 fully saturated rings. The summed E-state index contributed by atoms with van der Waals surface area (Å²) >= 11 is 2.30. The number of nitrogen functional groups attached to an aromatic ring is 1. The first-order valence-corrected chi connectivity index (χ1v) is 12.2. The second-order valence-electron chi connectivity index (χ2n) is 7.60. The third-order valence-corrected chi connectivity index (χ3v) is 7.31. The van der Waals surface area contributed by atoms with Gasteiger partial charge in [-0.2, -0.15) is 0 Å². The van der Waals surface area contributed by atoms with Crippen LogP contribution < -0.4 is 26.5 Å². The van der Waals surface area contributed by atoms with Crippen LogP contribution in [0.25, 0.3) is 0 Å². The summed E-state index contributed by atoms with van der Waals surface area (Å²) in [4.78, 5) is 53.6. The number of carboxylic acid groups (broad SMARTS) is 1. The molecule has 2 aliphatic rings. The maximum absolute atomic E-state index is 12.8. The standard InChI is InChI=1S/C21H19N7O6S2/c22-16(29)10-3-1-5-27(7-10)6-2-4-11-8-35-19-14(18(31)28(19)15(11)20(32)33)25-17(30)13(26-34)12-9-36-21(23)24-12/h1-5,7,9,14,19H,6,8H2,(H6-,22,23,24,25,29,30,32,33,34)/b4-2+/t14-,19-/m1/s1. The van der Waals surface area contributed by atoms with Crippen LogP contribution in [0.4, 0.5) is 5.13 Å². The van der Waals surface area contributed by atoms with Gasteiger partial charge in [0, 0.05) is 17.2 Å². The molecular weight excluding hydrogens is 510 g/mol. The molecule has 0 aliphatic carbocycles. The van der Waals surface area contributed by atoms with Gasteiger partial charge in [-0.1, -0.05) is 11.2 Å². The monoisotopic (exact) mass is 529 g/mol. The predicted molar refractivity (Wildman–Crippen MR) is 126 cm³/mol. The van der Waals surface area contributed by atoms with Crippen LogP contribution in [0.1, 0.15) is 16.1 Å². The molecule has 36 heavy (non-hydrogen) atoms. The zero-order valence-electron chi connectivity index (χ0n) is 18.4. The number of allylic oxidation sites excluding steroid dienone is 2. The van der Waals surface area contributed by atoms with E-state index in [2.05, 4.69) is 15.5 Å². The van der Waals surface area contributed by atoms with Crippen LogP contribution >= 0.6 is 23.1 Å². The van der Waals surface area contributed by atoms with E-state index < -0.39 is 40.8 Å². The summed E-state index contributed by atoms with van der Waals surface area (Å²) in [5.41, 5.74) is 10.8. The SMILES string of the molecule is NC(=O)c1ccc[n+](C/C=C/C2=C(C(=O)[O-])N3C(=O)[C@@H](NC(=O)/C(=N\O)c4csc(N)n4)[C@H]3SC2)c1. The number of thiazole rings is 1. The van der Waals surface area contributed by atoms with Gasteiger partial charge in [0.2, 0.25) is 0 Å². The number of β-lactam (4-membered cyclic amide) rings is 1. The van der Waals surface area contributed by atoms with E-state index in [4.69, 9.17) is 11.5 Å². The molecule has 2 aromatic rings. The first kappa shape index (κ1) is 24.9. The number of aromatic nitrogens is 2. The fourth-order valence-corrected chi connectivity index (χ4v) is 5.54. The molecule has 2 aromatic heterocycles. The molecule has 4 heterocycles. The summed E-state index contributed by atoms with van der Waals surface area (Å²) in [6.45, 7) is 0.316. The maximum Gasteiger partial charge on any atom is 0.276 e. The highest BCUT2D eigenvalue weighted by Crippen LogP contribution is 2.40. The summed E-state index contributed by atoms with van der Waals surface area (Å²) in [7, 11) is 0. The van der Waals surface area contributed by atoms with Crippen molar-refractivity contribution in [2.75, 3.05) is 11.5 Å². The number of pyridine rings is 1. The quantitative estimate of drug-likeness (QED) is 0.0974. The fraction of sp³-hybridized carbons (Fsp3) is 0.190. The molecule has 0 unspecified atom stereocenters. The lowest BCUT2D eigenvalue weighted by molar-refractivity contribution is -0.687. The highest BCUT2D eigenvalue weighted by Gasteiger charge is 2.53. The molecule has 0 spiro atoms. The largest absolute Gasteiger partial charge is 0.543 e. The van der Waals surface area contributed by atoms with Gasteiger partial charge in [0.05, 0.1) is 11.7 Å². The van der Waals surface area contributed by atoms with E-state index in [-0.39, 0.29) is 22.3 Å². The van der Waals surface area contributed by atoms with Gasteiger partial charge in [-0.25, -0.2) is 9.55 Å². The Bertz CT molecular complexity index is 1350. The molecule has 15 heteroatoms. The summed E-state index contributed by atoms with van der Waals surface area (Å²) in [5, 5.41) is 27.5. The number of aliphatic carboxylic acids is 1. The average Bonchev–Trinajstić information content (AvgIpc) is 3.28. The molecule has 2 atom stereocenters. The first-order chi connectivity index (χ1) is 17.2. The van der Waals surface area contributed by atoms with Crippen molar-refractivity contribution in [3.8, 4) is 0 Å².